The van der Waals surface area contributed by atoms with Gasteiger partial charge in [0.25, 0.3) is 5.91 Å². The lowest BCUT2D eigenvalue weighted by molar-refractivity contribution is 0.0605. The molecule has 104 valence electrons. The van der Waals surface area contributed by atoms with Crippen LogP contribution in [0, 0.1) is 12.7 Å². The van der Waals surface area contributed by atoms with E-state index in [1.54, 1.807) is 19.1 Å². The number of nitrogens with one attached hydrogen (secondary N) is 1. The Morgan fingerprint density at radius 3 is 2.65 bits per heavy atom. The Balaban J connectivity index is 2.21. The van der Waals surface area contributed by atoms with Gasteiger partial charge in [0.1, 0.15) is 10.7 Å². The van der Waals surface area contributed by atoms with Crippen molar-refractivity contribution in [2.45, 2.75) is 6.92 Å². The van der Waals surface area contributed by atoms with E-state index < -0.39 is 17.7 Å². The normalized spacial score (nSPS) is 10.2. The van der Waals surface area contributed by atoms with Crippen LogP contribution in [0.5, 0.6) is 0 Å². The molecule has 2 rings (SSSR count). The van der Waals surface area contributed by atoms with E-state index in [0.29, 0.717) is 15.4 Å². The number of rotatable bonds is 3. The molecule has 0 atom stereocenters. The van der Waals surface area contributed by atoms with E-state index in [4.69, 9.17) is 0 Å². The summed E-state index contributed by atoms with van der Waals surface area (Å²) >= 11 is 1.09. The summed E-state index contributed by atoms with van der Waals surface area (Å²) in [5.41, 5.74) is 0.656. The van der Waals surface area contributed by atoms with Gasteiger partial charge >= 0.3 is 5.97 Å². The Morgan fingerprint density at radius 1 is 1.30 bits per heavy atom. The monoisotopic (exact) mass is 293 g/mol. The highest BCUT2D eigenvalue weighted by atomic mass is 32.1. The van der Waals surface area contributed by atoms with E-state index >= 15 is 0 Å². The Bertz CT molecular complexity index is 666. The zero-order chi connectivity index (χ0) is 14.7. The molecule has 0 spiro atoms. The largest absolute Gasteiger partial charge is 0.465 e. The van der Waals surface area contributed by atoms with Crippen molar-refractivity contribution in [1.29, 1.82) is 0 Å². The van der Waals surface area contributed by atoms with E-state index in [2.05, 4.69) is 10.1 Å². The molecule has 0 radical (unpaired) electrons. The van der Waals surface area contributed by atoms with Crippen LogP contribution in [0.25, 0.3) is 0 Å². The molecule has 0 fully saturated rings. The minimum absolute atomic E-state index is 0.0434. The summed E-state index contributed by atoms with van der Waals surface area (Å²) < 4.78 is 18.1. The SMILES string of the molecule is COC(=O)c1sc(NC(=O)c2ccccc2F)cc1C. The minimum atomic E-state index is -0.591. The molecule has 1 N–H and O–H groups in total. The fourth-order valence-electron chi connectivity index (χ4n) is 1.66. The third-order valence-corrected chi connectivity index (χ3v) is 3.78. The second-order valence-electron chi connectivity index (χ2n) is 4.05. The standard InChI is InChI=1S/C14H12FNO3S/c1-8-7-11(20-12(8)14(18)19-2)16-13(17)9-5-3-4-6-10(9)15/h3-7H,1-2H3,(H,16,17). The fraction of sp³-hybridized carbons (Fsp3) is 0.143. The van der Waals surface area contributed by atoms with E-state index in [0.717, 1.165) is 11.3 Å². The number of hydrogen-bond donors (Lipinski definition) is 1. The summed E-state index contributed by atoms with van der Waals surface area (Å²) in [4.78, 5) is 23.8. The molecule has 0 aliphatic carbocycles. The highest BCUT2D eigenvalue weighted by molar-refractivity contribution is 7.18. The first-order chi connectivity index (χ1) is 9.52. The number of thiophene rings is 1. The number of carbonyl (C=O) groups is 2. The fourth-order valence-corrected chi connectivity index (χ4v) is 2.65. The van der Waals surface area contributed by atoms with Crippen LogP contribution in [0.15, 0.2) is 30.3 Å². The number of ether oxygens (including phenoxy) is 1. The number of benzene rings is 1. The molecule has 0 bridgehead atoms. The molecule has 1 aromatic carbocycles. The lowest BCUT2D eigenvalue weighted by Gasteiger charge is -2.03. The van der Waals surface area contributed by atoms with Crippen molar-refractivity contribution in [2.75, 3.05) is 12.4 Å². The Labute approximate surface area is 119 Å². The van der Waals surface area contributed by atoms with Crippen LogP contribution in [0.2, 0.25) is 0 Å². The van der Waals surface area contributed by atoms with Gasteiger partial charge in [0, 0.05) is 0 Å². The molecule has 0 saturated carbocycles. The van der Waals surface area contributed by atoms with Gasteiger partial charge in [-0.1, -0.05) is 12.1 Å². The summed E-state index contributed by atoms with van der Waals surface area (Å²) in [7, 11) is 1.29. The van der Waals surface area contributed by atoms with Crippen molar-refractivity contribution in [3.63, 3.8) is 0 Å². The van der Waals surface area contributed by atoms with Gasteiger partial charge in [0.05, 0.1) is 17.7 Å². The molecule has 20 heavy (non-hydrogen) atoms. The first-order valence-electron chi connectivity index (χ1n) is 5.77. The summed E-state index contributed by atoms with van der Waals surface area (Å²) in [6, 6.07) is 7.35. The predicted molar refractivity (Wildman–Crippen MR) is 74.7 cm³/mol. The van der Waals surface area contributed by atoms with Crippen LogP contribution < -0.4 is 5.32 Å². The summed E-state index contributed by atoms with van der Waals surface area (Å²) in [6.07, 6.45) is 0. The van der Waals surface area contributed by atoms with Gasteiger partial charge in [-0.3, -0.25) is 4.79 Å². The zero-order valence-electron chi connectivity index (χ0n) is 10.9. The van der Waals surface area contributed by atoms with Crippen molar-refractivity contribution in [1.82, 2.24) is 0 Å². The Kier molecular flexibility index (Phi) is 4.14. The lowest BCUT2D eigenvalue weighted by Crippen LogP contribution is -2.12. The second-order valence-corrected chi connectivity index (χ2v) is 5.10. The zero-order valence-corrected chi connectivity index (χ0v) is 11.7. The molecule has 0 aliphatic heterocycles. The summed E-state index contributed by atoms with van der Waals surface area (Å²) in [5, 5.41) is 3.04. The predicted octanol–water partition coefficient (Wildman–Crippen LogP) is 3.23. The summed E-state index contributed by atoms with van der Waals surface area (Å²) in [6.45, 7) is 1.74. The van der Waals surface area contributed by atoms with Crippen LogP contribution in [-0.4, -0.2) is 19.0 Å². The molecule has 0 aliphatic rings. The van der Waals surface area contributed by atoms with Crippen LogP contribution in [0.4, 0.5) is 9.39 Å². The van der Waals surface area contributed by atoms with Crippen molar-refractivity contribution >= 4 is 28.2 Å². The minimum Gasteiger partial charge on any atom is -0.465 e. The number of methoxy groups -OCH3 is 1. The first kappa shape index (κ1) is 14.2. The first-order valence-corrected chi connectivity index (χ1v) is 6.59. The van der Waals surface area contributed by atoms with E-state index in [1.165, 1.54) is 25.3 Å². The van der Waals surface area contributed by atoms with Crippen LogP contribution in [0.3, 0.4) is 0 Å². The average Bonchev–Trinajstić information content (AvgIpc) is 2.79. The average molecular weight is 293 g/mol. The molecule has 4 nitrogen and oxygen atoms in total. The Morgan fingerprint density at radius 2 is 2.00 bits per heavy atom. The van der Waals surface area contributed by atoms with Gasteiger partial charge in [-0.05, 0) is 30.7 Å². The number of anilines is 1. The van der Waals surface area contributed by atoms with Gasteiger partial charge in [-0.2, -0.15) is 0 Å². The number of aryl methyl sites for hydroxylation is 1. The third-order valence-electron chi connectivity index (χ3n) is 2.64. The van der Waals surface area contributed by atoms with Crippen LogP contribution >= 0.6 is 11.3 Å². The molecule has 0 unspecified atom stereocenters. The smallest absolute Gasteiger partial charge is 0.348 e. The van der Waals surface area contributed by atoms with Gasteiger partial charge < -0.3 is 10.1 Å². The van der Waals surface area contributed by atoms with Crippen molar-refractivity contribution in [2.24, 2.45) is 0 Å². The van der Waals surface area contributed by atoms with Crippen LogP contribution in [-0.2, 0) is 4.74 Å². The highest BCUT2D eigenvalue weighted by Crippen LogP contribution is 2.27. The quantitative estimate of drug-likeness (QED) is 0.884. The van der Waals surface area contributed by atoms with E-state index in [1.807, 2.05) is 0 Å². The number of esters is 1. The number of hydrogen-bond acceptors (Lipinski definition) is 4. The number of amides is 1. The van der Waals surface area contributed by atoms with Crippen molar-refractivity contribution in [3.05, 3.63) is 52.2 Å². The van der Waals surface area contributed by atoms with Crippen LogP contribution in [0.1, 0.15) is 25.6 Å². The molecule has 0 saturated heterocycles. The topological polar surface area (TPSA) is 55.4 Å². The van der Waals surface area contributed by atoms with Crippen molar-refractivity contribution < 1.29 is 18.7 Å². The summed E-state index contributed by atoms with van der Waals surface area (Å²) in [5.74, 6) is -1.61. The van der Waals surface area contributed by atoms with E-state index in [9.17, 15) is 14.0 Å². The third kappa shape index (κ3) is 2.85. The molecular weight excluding hydrogens is 281 g/mol. The second kappa shape index (κ2) is 5.83. The molecular formula is C14H12FNO3S. The maximum atomic E-state index is 13.5. The molecule has 1 heterocycles. The maximum Gasteiger partial charge on any atom is 0.348 e. The molecule has 1 aromatic heterocycles. The highest BCUT2D eigenvalue weighted by Gasteiger charge is 2.17. The van der Waals surface area contributed by atoms with Gasteiger partial charge in [0.15, 0.2) is 0 Å². The van der Waals surface area contributed by atoms with Crippen molar-refractivity contribution in [3.8, 4) is 0 Å². The van der Waals surface area contributed by atoms with Gasteiger partial charge in [-0.25, -0.2) is 9.18 Å². The number of carbonyl (C=O) groups excluding carboxylic acids is 2. The number of halogens is 1. The molecule has 2 aromatic rings. The molecule has 1 amide bonds. The van der Waals surface area contributed by atoms with Gasteiger partial charge in [-0.15, -0.1) is 11.3 Å². The van der Waals surface area contributed by atoms with E-state index in [-0.39, 0.29) is 5.56 Å². The van der Waals surface area contributed by atoms with Gasteiger partial charge in [0.2, 0.25) is 0 Å². The molecule has 6 heteroatoms. The lowest BCUT2D eigenvalue weighted by atomic mass is 10.2. The maximum absolute atomic E-state index is 13.5. The Hall–Kier alpha value is -2.21.